The molecular formula is C26H25NOS. The minimum Gasteiger partial charge on any atom is -0.314 e. The van der Waals surface area contributed by atoms with Crippen LogP contribution in [0.15, 0.2) is 78.9 Å². The van der Waals surface area contributed by atoms with E-state index in [0.717, 1.165) is 5.69 Å². The summed E-state index contributed by atoms with van der Waals surface area (Å²) in [5.41, 5.74) is 5.78. The number of carbonyl (C=O) groups is 1. The van der Waals surface area contributed by atoms with Gasteiger partial charge in [0.2, 0.25) is 5.91 Å². The number of rotatable bonds is 2. The number of hydrogen-bond acceptors (Lipinski definition) is 2. The van der Waals surface area contributed by atoms with Crippen molar-refractivity contribution in [2.75, 3.05) is 11.9 Å². The van der Waals surface area contributed by atoms with Gasteiger partial charge in [-0.2, -0.15) is 0 Å². The van der Waals surface area contributed by atoms with E-state index in [1.54, 1.807) is 0 Å². The third kappa shape index (κ3) is 2.22. The van der Waals surface area contributed by atoms with E-state index < -0.39 is 4.75 Å². The van der Waals surface area contributed by atoms with Gasteiger partial charge in [-0.1, -0.05) is 87.5 Å². The average molecular weight is 400 g/mol. The van der Waals surface area contributed by atoms with Crippen LogP contribution < -0.4 is 4.90 Å². The molecule has 0 radical (unpaired) electrons. The zero-order chi connectivity index (χ0) is 20.4. The molecule has 2 nitrogen and oxygen atoms in total. The van der Waals surface area contributed by atoms with Gasteiger partial charge < -0.3 is 4.90 Å². The summed E-state index contributed by atoms with van der Waals surface area (Å²) in [4.78, 5) is 16.0. The molecule has 1 spiro atoms. The fraction of sp³-hybridized carbons (Fsp3) is 0.269. The Balaban J connectivity index is 1.73. The minimum atomic E-state index is -0.562. The van der Waals surface area contributed by atoms with Crippen LogP contribution in [0.3, 0.4) is 0 Å². The van der Waals surface area contributed by atoms with Crippen LogP contribution in [0.1, 0.15) is 31.9 Å². The fourth-order valence-electron chi connectivity index (χ4n) is 5.09. The lowest BCUT2D eigenvalue weighted by Gasteiger charge is -2.35. The summed E-state index contributed by atoms with van der Waals surface area (Å²) >= 11 is 1.83. The highest BCUT2D eigenvalue weighted by Gasteiger charge is 2.81. The number of fused-ring (bicyclic) bond motifs is 5. The van der Waals surface area contributed by atoms with Gasteiger partial charge >= 0.3 is 0 Å². The highest BCUT2D eigenvalue weighted by Crippen LogP contribution is 2.82. The van der Waals surface area contributed by atoms with Crippen molar-refractivity contribution in [1.82, 2.24) is 0 Å². The number of anilines is 1. The SMILES string of the molecule is CN(C(=O)[C@]1(C(C)(C)C)SC12c1ccccc1-c1ccccc12)c1ccccc1. The van der Waals surface area contributed by atoms with E-state index in [1.165, 1.54) is 22.3 Å². The summed E-state index contributed by atoms with van der Waals surface area (Å²) in [6.45, 7) is 6.61. The van der Waals surface area contributed by atoms with Gasteiger partial charge in [0.15, 0.2) is 0 Å². The summed E-state index contributed by atoms with van der Waals surface area (Å²) in [7, 11) is 1.91. The lowest BCUT2D eigenvalue weighted by Crippen LogP contribution is -2.50. The maximum absolute atomic E-state index is 14.2. The number of benzene rings is 3. The molecule has 3 aromatic carbocycles. The maximum Gasteiger partial charge on any atom is 0.245 e. The van der Waals surface area contributed by atoms with Crippen molar-refractivity contribution in [2.45, 2.75) is 30.3 Å². The molecule has 0 N–H and O–H groups in total. The van der Waals surface area contributed by atoms with Crippen LogP contribution in [-0.4, -0.2) is 17.7 Å². The van der Waals surface area contributed by atoms with Crippen molar-refractivity contribution in [1.29, 1.82) is 0 Å². The van der Waals surface area contributed by atoms with Crippen LogP contribution in [0.5, 0.6) is 0 Å². The van der Waals surface area contributed by atoms with Crippen molar-refractivity contribution in [3.63, 3.8) is 0 Å². The zero-order valence-electron chi connectivity index (χ0n) is 17.3. The second kappa shape index (κ2) is 5.99. The van der Waals surface area contributed by atoms with Crippen molar-refractivity contribution in [3.05, 3.63) is 90.0 Å². The predicted molar refractivity (Wildman–Crippen MR) is 122 cm³/mol. The van der Waals surface area contributed by atoms with Gasteiger partial charge in [0.25, 0.3) is 0 Å². The Morgan fingerprint density at radius 1 is 0.793 bits per heavy atom. The fourth-order valence-corrected chi connectivity index (χ4v) is 7.22. The summed E-state index contributed by atoms with van der Waals surface area (Å²) in [5, 5.41) is 0. The molecule has 0 bridgehead atoms. The molecule has 3 aromatic rings. The minimum absolute atomic E-state index is 0.174. The zero-order valence-corrected chi connectivity index (χ0v) is 18.1. The molecule has 0 saturated carbocycles. The molecule has 0 aromatic heterocycles. The molecule has 1 saturated heterocycles. The van der Waals surface area contributed by atoms with Crippen LogP contribution >= 0.6 is 11.8 Å². The van der Waals surface area contributed by atoms with Gasteiger partial charge in [0.05, 0.1) is 4.75 Å². The lowest BCUT2D eigenvalue weighted by atomic mass is 9.69. The van der Waals surface area contributed by atoms with Gasteiger partial charge in [-0.3, -0.25) is 4.79 Å². The third-order valence-corrected chi connectivity index (χ3v) is 8.72. The molecule has 0 unspecified atom stereocenters. The molecule has 29 heavy (non-hydrogen) atoms. The van der Waals surface area contributed by atoms with Crippen LogP contribution in [0.4, 0.5) is 5.69 Å². The van der Waals surface area contributed by atoms with E-state index in [4.69, 9.17) is 0 Å². The standard InChI is InChI=1S/C26H25NOS/c1-24(2,3)26(23(28)27(4)18-12-6-5-7-13-18)25(29-26)21-16-10-8-14-19(21)20-15-9-11-17-22(20)25/h5-17H,1-4H3/t26-/m1/s1. The summed E-state index contributed by atoms with van der Waals surface area (Å²) in [6.07, 6.45) is 0. The van der Waals surface area contributed by atoms with E-state index >= 15 is 0 Å². The number of amides is 1. The highest BCUT2D eigenvalue weighted by atomic mass is 32.2. The second-order valence-corrected chi connectivity index (χ2v) is 10.4. The smallest absolute Gasteiger partial charge is 0.245 e. The first-order valence-corrected chi connectivity index (χ1v) is 10.9. The highest BCUT2D eigenvalue weighted by molar-refractivity contribution is 8.10. The molecule has 5 rings (SSSR count). The second-order valence-electron chi connectivity index (χ2n) is 9.01. The van der Waals surface area contributed by atoms with E-state index in [2.05, 4.69) is 69.3 Å². The number of para-hydroxylation sites is 1. The molecule has 1 amide bonds. The van der Waals surface area contributed by atoms with E-state index in [9.17, 15) is 4.79 Å². The number of carbonyl (C=O) groups excluding carboxylic acids is 1. The molecule has 1 fully saturated rings. The average Bonchev–Trinajstić information content (AvgIpc) is 3.38. The molecule has 3 heteroatoms. The Morgan fingerprint density at radius 3 is 1.79 bits per heavy atom. The number of thioether (sulfide) groups is 1. The van der Waals surface area contributed by atoms with Gasteiger partial charge in [0.1, 0.15) is 4.75 Å². The topological polar surface area (TPSA) is 20.3 Å². The van der Waals surface area contributed by atoms with Crippen molar-refractivity contribution >= 4 is 23.4 Å². The van der Waals surface area contributed by atoms with Crippen LogP contribution in [0.25, 0.3) is 11.1 Å². The first-order chi connectivity index (χ1) is 13.8. The number of nitrogens with zero attached hydrogens (tertiary/aromatic N) is 1. The Hall–Kier alpha value is -2.52. The Bertz CT molecular complexity index is 1070. The van der Waals surface area contributed by atoms with Crippen LogP contribution in [0.2, 0.25) is 0 Å². The quantitative estimate of drug-likeness (QED) is 0.485. The molecule has 1 heterocycles. The molecule has 2 aliphatic rings. The summed E-state index contributed by atoms with van der Waals surface area (Å²) in [5.74, 6) is 0.174. The molecule has 1 aliphatic heterocycles. The largest absolute Gasteiger partial charge is 0.314 e. The van der Waals surface area contributed by atoms with Gasteiger partial charge in [0, 0.05) is 12.7 Å². The third-order valence-electron chi connectivity index (χ3n) is 6.47. The first-order valence-electron chi connectivity index (χ1n) is 10.1. The predicted octanol–water partition coefficient (Wildman–Crippen LogP) is 6.11. The Kier molecular flexibility index (Phi) is 3.82. The van der Waals surface area contributed by atoms with Crippen LogP contribution in [0, 0.1) is 5.41 Å². The maximum atomic E-state index is 14.2. The van der Waals surface area contributed by atoms with Crippen molar-refractivity contribution in [3.8, 4) is 11.1 Å². The summed E-state index contributed by atoms with van der Waals surface area (Å²) in [6, 6.07) is 27.2. The lowest BCUT2D eigenvalue weighted by molar-refractivity contribution is -0.122. The van der Waals surface area contributed by atoms with E-state index in [-0.39, 0.29) is 16.1 Å². The molecule has 146 valence electrons. The summed E-state index contributed by atoms with van der Waals surface area (Å²) < 4.78 is -0.897. The first kappa shape index (κ1) is 18.5. The van der Waals surface area contributed by atoms with E-state index in [0.29, 0.717) is 0 Å². The van der Waals surface area contributed by atoms with Gasteiger partial charge in [-0.25, -0.2) is 0 Å². The van der Waals surface area contributed by atoms with Gasteiger partial charge in [-0.05, 0) is 39.8 Å². The van der Waals surface area contributed by atoms with E-state index in [1.807, 2.05) is 54.0 Å². The van der Waals surface area contributed by atoms with Crippen LogP contribution in [-0.2, 0) is 9.54 Å². The number of hydrogen-bond donors (Lipinski definition) is 0. The van der Waals surface area contributed by atoms with Gasteiger partial charge in [-0.15, -0.1) is 11.8 Å². The Labute approximate surface area is 176 Å². The Morgan fingerprint density at radius 2 is 1.28 bits per heavy atom. The molecular weight excluding hydrogens is 374 g/mol. The molecule has 1 aliphatic carbocycles. The normalized spacial score (nSPS) is 20.8. The monoisotopic (exact) mass is 399 g/mol. The molecule has 1 atom stereocenters. The van der Waals surface area contributed by atoms with Crippen molar-refractivity contribution < 1.29 is 4.79 Å². The van der Waals surface area contributed by atoms with Crippen molar-refractivity contribution in [2.24, 2.45) is 5.41 Å².